The maximum Gasteiger partial charge on any atom is 0.338 e. The quantitative estimate of drug-likeness (QED) is 0.406. The molecule has 1 unspecified atom stereocenters. The van der Waals surface area contributed by atoms with Gasteiger partial charge in [0.2, 0.25) is 5.78 Å². The van der Waals surface area contributed by atoms with Gasteiger partial charge in [0.1, 0.15) is 5.82 Å². The van der Waals surface area contributed by atoms with Crippen molar-refractivity contribution in [1.29, 1.82) is 0 Å². The number of fused-ring (bicyclic) bond motifs is 3. The Morgan fingerprint density at radius 3 is 2.81 bits per heavy atom. The van der Waals surface area contributed by atoms with Crippen molar-refractivity contribution in [3.05, 3.63) is 75.5 Å². The van der Waals surface area contributed by atoms with Crippen LogP contribution in [0.15, 0.2) is 47.3 Å². The van der Waals surface area contributed by atoms with Gasteiger partial charge < -0.3 is 9.72 Å². The lowest BCUT2D eigenvalue weighted by Crippen LogP contribution is -2.25. The van der Waals surface area contributed by atoms with Gasteiger partial charge in [0, 0.05) is 35.1 Å². The van der Waals surface area contributed by atoms with Crippen LogP contribution in [0.1, 0.15) is 45.6 Å². The largest absolute Gasteiger partial charge is 0.451 e. The predicted molar refractivity (Wildman–Crippen MR) is 117 cm³/mol. The molecule has 0 fully saturated rings. The maximum absolute atomic E-state index is 13.0. The number of H-pyrrole nitrogens is 1. The normalized spacial score (nSPS) is 14.0. The molecule has 0 spiro atoms. The lowest BCUT2D eigenvalue weighted by molar-refractivity contribution is 0.0319. The number of aryl methyl sites for hydroxylation is 2. The zero-order valence-electron chi connectivity index (χ0n) is 17.3. The van der Waals surface area contributed by atoms with E-state index in [0.29, 0.717) is 23.0 Å². The number of nitrogens with one attached hydrogen (secondary N) is 1. The summed E-state index contributed by atoms with van der Waals surface area (Å²) in [5.74, 6) is -0.151. The van der Waals surface area contributed by atoms with Crippen molar-refractivity contribution in [2.75, 3.05) is 0 Å². The number of esters is 1. The van der Waals surface area contributed by atoms with Crippen LogP contribution in [0.25, 0.3) is 21.8 Å². The Balaban J connectivity index is 1.42. The van der Waals surface area contributed by atoms with Gasteiger partial charge in [0.05, 0.1) is 16.5 Å². The lowest BCUT2D eigenvalue weighted by atomic mass is 10.0. The monoisotopic (exact) mass is 415 g/mol. The Hall–Kier alpha value is -3.74. The van der Waals surface area contributed by atoms with Crippen molar-refractivity contribution >= 4 is 33.6 Å². The van der Waals surface area contributed by atoms with E-state index in [4.69, 9.17) is 4.74 Å². The third-order valence-corrected chi connectivity index (χ3v) is 5.85. The molecule has 1 aliphatic heterocycles. The number of aromatic amines is 1. The van der Waals surface area contributed by atoms with E-state index in [9.17, 15) is 14.4 Å². The molecule has 0 radical (unpaired) electrons. The van der Waals surface area contributed by atoms with E-state index in [2.05, 4.69) is 9.97 Å². The molecule has 31 heavy (non-hydrogen) atoms. The molecule has 1 aliphatic rings. The molecular formula is C24H21N3O4. The van der Waals surface area contributed by atoms with Crippen LogP contribution in [0, 0.1) is 6.92 Å². The van der Waals surface area contributed by atoms with E-state index in [1.807, 2.05) is 31.2 Å². The number of hydrogen-bond donors (Lipinski definition) is 1. The standard InChI is InChI=1S/C24H21N3O4/c1-13-21(16-6-3-4-7-18(16)25-13)22(28)14(2)31-24(30)15-9-10-17-19(12-15)26-20-8-5-11-27(20)23(17)29/h3-4,6-7,9-10,12,14,25H,5,8,11H2,1-2H3. The van der Waals surface area contributed by atoms with E-state index in [0.717, 1.165) is 35.3 Å². The molecule has 0 aliphatic carbocycles. The SMILES string of the molecule is Cc1[nH]c2ccccc2c1C(=O)C(C)OC(=O)c1ccc2c(=O)n3c(nc2c1)CCC3. The van der Waals surface area contributed by atoms with Gasteiger partial charge in [-0.25, -0.2) is 9.78 Å². The fraction of sp³-hybridized carbons (Fsp3) is 0.250. The van der Waals surface area contributed by atoms with Gasteiger partial charge in [-0.15, -0.1) is 0 Å². The average molecular weight is 415 g/mol. The molecule has 0 saturated heterocycles. The summed E-state index contributed by atoms with van der Waals surface area (Å²) in [7, 11) is 0. The van der Waals surface area contributed by atoms with Crippen LogP contribution >= 0.6 is 0 Å². The summed E-state index contributed by atoms with van der Waals surface area (Å²) in [5.41, 5.74) is 2.77. The first-order chi connectivity index (χ1) is 14.9. The Morgan fingerprint density at radius 2 is 1.97 bits per heavy atom. The first kappa shape index (κ1) is 19.2. The van der Waals surface area contributed by atoms with Gasteiger partial charge >= 0.3 is 5.97 Å². The van der Waals surface area contributed by atoms with Crippen molar-refractivity contribution in [3.63, 3.8) is 0 Å². The van der Waals surface area contributed by atoms with Crippen LogP contribution in [0.3, 0.4) is 0 Å². The van der Waals surface area contributed by atoms with Gasteiger partial charge in [-0.1, -0.05) is 18.2 Å². The molecule has 2 aromatic heterocycles. The number of hydrogen-bond acceptors (Lipinski definition) is 5. The zero-order chi connectivity index (χ0) is 21.7. The highest BCUT2D eigenvalue weighted by molar-refractivity contribution is 6.11. The molecule has 7 heteroatoms. The Bertz CT molecular complexity index is 1430. The Morgan fingerprint density at radius 1 is 1.16 bits per heavy atom. The van der Waals surface area contributed by atoms with Crippen molar-refractivity contribution < 1.29 is 14.3 Å². The van der Waals surface area contributed by atoms with Gasteiger partial charge in [-0.2, -0.15) is 0 Å². The lowest BCUT2D eigenvalue weighted by Gasteiger charge is -2.13. The van der Waals surface area contributed by atoms with Gasteiger partial charge in [0.15, 0.2) is 6.10 Å². The number of Topliss-reactive ketones (excluding diaryl/α,β-unsaturated/α-hetero) is 1. The van der Waals surface area contributed by atoms with Crippen molar-refractivity contribution in [2.24, 2.45) is 0 Å². The molecule has 4 aromatic rings. The molecule has 0 amide bonds. The molecule has 0 bridgehead atoms. The summed E-state index contributed by atoms with van der Waals surface area (Å²) < 4.78 is 7.17. The predicted octanol–water partition coefficient (Wildman–Crippen LogP) is 3.56. The summed E-state index contributed by atoms with van der Waals surface area (Å²) in [6, 6.07) is 12.2. The number of rotatable bonds is 4. The third kappa shape index (κ3) is 3.13. The first-order valence-electron chi connectivity index (χ1n) is 10.3. The molecule has 156 valence electrons. The minimum absolute atomic E-state index is 0.0872. The summed E-state index contributed by atoms with van der Waals surface area (Å²) in [5, 5.41) is 1.28. The van der Waals surface area contributed by atoms with Gasteiger partial charge in [-0.05, 0) is 44.5 Å². The number of benzene rings is 2. The van der Waals surface area contributed by atoms with Crippen molar-refractivity contribution in [3.8, 4) is 0 Å². The number of carbonyl (C=O) groups is 2. The molecule has 1 N–H and O–H groups in total. The van der Waals surface area contributed by atoms with Crippen LogP contribution in [0.5, 0.6) is 0 Å². The highest BCUT2D eigenvalue weighted by atomic mass is 16.5. The molecule has 0 saturated carbocycles. The fourth-order valence-corrected chi connectivity index (χ4v) is 4.29. The third-order valence-electron chi connectivity index (χ3n) is 5.85. The van der Waals surface area contributed by atoms with Gasteiger partial charge in [0.25, 0.3) is 5.56 Å². The van der Waals surface area contributed by atoms with Crippen LogP contribution in [0.2, 0.25) is 0 Å². The number of aromatic nitrogens is 3. The van der Waals surface area contributed by atoms with E-state index in [1.165, 1.54) is 0 Å². The summed E-state index contributed by atoms with van der Waals surface area (Å²) >= 11 is 0. The van der Waals surface area contributed by atoms with Gasteiger partial charge in [-0.3, -0.25) is 14.2 Å². The van der Waals surface area contributed by atoms with Crippen LogP contribution in [0.4, 0.5) is 0 Å². The van der Waals surface area contributed by atoms with Crippen LogP contribution < -0.4 is 5.56 Å². The second-order valence-corrected chi connectivity index (χ2v) is 7.90. The first-order valence-corrected chi connectivity index (χ1v) is 10.3. The number of nitrogens with zero attached hydrogens (tertiary/aromatic N) is 2. The van der Waals surface area contributed by atoms with E-state index in [1.54, 1.807) is 29.7 Å². The van der Waals surface area contributed by atoms with E-state index in [-0.39, 0.29) is 16.9 Å². The second kappa shape index (κ2) is 7.19. The van der Waals surface area contributed by atoms with Crippen LogP contribution in [-0.2, 0) is 17.7 Å². The molecule has 7 nitrogen and oxygen atoms in total. The van der Waals surface area contributed by atoms with Crippen molar-refractivity contribution in [1.82, 2.24) is 14.5 Å². The number of carbonyl (C=O) groups excluding carboxylic acids is 2. The van der Waals surface area contributed by atoms with E-state index < -0.39 is 12.1 Å². The number of para-hydroxylation sites is 1. The minimum atomic E-state index is -0.959. The second-order valence-electron chi connectivity index (χ2n) is 7.90. The van der Waals surface area contributed by atoms with Crippen molar-refractivity contribution in [2.45, 2.75) is 39.3 Å². The molecule has 5 rings (SSSR count). The summed E-state index contributed by atoms with van der Waals surface area (Å²) in [6.07, 6.45) is 0.676. The highest BCUT2D eigenvalue weighted by Gasteiger charge is 2.25. The molecule has 3 heterocycles. The Labute approximate surface area is 177 Å². The van der Waals surface area contributed by atoms with Crippen LogP contribution in [-0.4, -0.2) is 32.4 Å². The zero-order valence-corrected chi connectivity index (χ0v) is 17.3. The molecular weight excluding hydrogens is 394 g/mol. The highest BCUT2D eigenvalue weighted by Crippen LogP contribution is 2.24. The maximum atomic E-state index is 13.0. The fourth-order valence-electron chi connectivity index (χ4n) is 4.29. The van der Waals surface area contributed by atoms with E-state index >= 15 is 0 Å². The number of ketones is 1. The minimum Gasteiger partial charge on any atom is -0.451 e. The molecule has 1 atom stereocenters. The topological polar surface area (TPSA) is 94.0 Å². The summed E-state index contributed by atoms with van der Waals surface area (Å²) in [6.45, 7) is 4.07. The smallest absolute Gasteiger partial charge is 0.338 e. The number of ether oxygens (including phenoxy) is 1. The summed E-state index contributed by atoms with van der Waals surface area (Å²) in [4.78, 5) is 46.1. The molecule has 2 aromatic carbocycles. The average Bonchev–Trinajstić information content (AvgIpc) is 3.36. The Kier molecular flexibility index (Phi) is 4.46.